The smallest absolute Gasteiger partial charge is 0.227 e. The van der Waals surface area contributed by atoms with Gasteiger partial charge in [-0.05, 0) is 19.4 Å². The molecule has 10 heavy (non-hydrogen) atoms. The third kappa shape index (κ3) is 0.669. The lowest BCUT2D eigenvalue weighted by atomic mass is 9.86. The van der Waals surface area contributed by atoms with Crippen molar-refractivity contribution < 1.29 is 4.79 Å². The van der Waals surface area contributed by atoms with Gasteiger partial charge >= 0.3 is 0 Å². The molecule has 1 spiro atoms. The molecule has 2 aliphatic heterocycles. The van der Waals surface area contributed by atoms with Gasteiger partial charge in [0.15, 0.2) is 0 Å². The molecule has 0 aromatic rings. The molecule has 0 unspecified atom stereocenters. The second-order valence-electron chi connectivity index (χ2n) is 3.21. The van der Waals surface area contributed by atoms with Crippen LogP contribution in [0.3, 0.4) is 0 Å². The Hall–Kier alpha value is -0.570. The normalized spacial score (nSPS) is 39.0. The lowest BCUT2D eigenvalue weighted by Crippen LogP contribution is -2.32. The van der Waals surface area contributed by atoms with Crippen molar-refractivity contribution in [2.45, 2.75) is 12.8 Å². The van der Waals surface area contributed by atoms with Crippen molar-refractivity contribution >= 4 is 5.91 Å². The maximum absolute atomic E-state index is 11.2. The van der Waals surface area contributed by atoms with Gasteiger partial charge in [0.25, 0.3) is 0 Å². The van der Waals surface area contributed by atoms with Crippen molar-refractivity contribution in [2.24, 2.45) is 5.41 Å². The minimum absolute atomic E-state index is 0.0139. The molecule has 3 heteroatoms. The Bertz CT molecular complexity index is 155. The highest BCUT2D eigenvalue weighted by Gasteiger charge is 2.44. The maximum atomic E-state index is 11.2. The van der Waals surface area contributed by atoms with E-state index in [-0.39, 0.29) is 11.3 Å². The molecule has 0 saturated carbocycles. The quantitative estimate of drug-likeness (QED) is 0.475. The van der Waals surface area contributed by atoms with E-state index in [1.54, 1.807) is 0 Å². The Morgan fingerprint density at radius 3 is 2.60 bits per heavy atom. The Morgan fingerprint density at radius 1 is 1.30 bits per heavy atom. The number of hydrogen-bond donors (Lipinski definition) is 2. The third-order valence-corrected chi connectivity index (χ3v) is 2.61. The van der Waals surface area contributed by atoms with Crippen LogP contribution in [0.2, 0.25) is 0 Å². The lowest BCUT2D eigenvalue weighted by molar-refractivity contribution is -0.126. The van der Waals surface area contributed by atoms with E-state index in [1.165, 1.54) is 0 Å². The van der Waals surface area contributed by atoms with Crippen LogP contribution in [0, 0.1) is 5.41 Å². The average molecular weight is 140 g/mol. The summed E-state index contributed by atoms with van der Waals surface area (Å²) in [4.78, 5) is 11.2. The maximum Gasteiger partial charge on any atom is 0.227 e. The van der Waals surface area contributed by atoms with Crippen LogP contribution in [-0.4, -0.2) is 25.5 Å². The summed E-state index contributed by atoms with van der Waals surface area (Å²) in [6.45, 7) is 2.77. The zero-order valence-electron chi connectivity index (χ0n) is 5.94. The van der Waals surface area contributed by atoms with Gasteiger partial charge in [0.2, 0.25) is 5.91 Å². The van der Waals surface area contributed by atoms with Gasteiger partial charge in [-0.1, -0.05) is 0 Å². The zero-order chi connectivity index (χ0) is 7.03. The molecule has 1 amide bonds. The zero-order valence-corrected chi connectivity index (χ0v) is 5.94. The predicted octanol–water partition coefficient (Wildman–Crippen LogP) is -0.514. The molecule has 56 valence electrons. The summed E-state index contributed by atoms with van der Waals surface area (Å²) in [5.41, 5.74) is -0.0139. The molecule has 2 rings (SSSR count). The monoisotopic (exact) mass is 140 g/mol. The molecule has 0 radical (unpaired) electrons. The van der Waals surface area contributed by atoms with E-state index in [1.807, 2.05) is 0 Å². The number of carbonyl (C=O) groups is 1. The highest BCUT2D eigenvalue weighted by Crippen LogP contribution is 2.32. The largest absolute Gasteiger partial charge is 0.356 e. The first-order valence-electron chi connectivity index (χ1n) is 3.83. The van der Waals surface area contributed by atoms with Gasteiger partial charge in [-0.2, -0.15) is 0 Å². The standard InChI is InChI=1S/C7H12N2O/c10-6-7(2-4-9-6)1-3-8-5-7/h8H,1-5H2,(H,9,10)/t7-/m0/s1. The number of amides is 1. The second kappa shape index (κ2) is 1.95. The molecular weight excluding hydrogens is 128 g/mol. The van der Waals surface area contributed by atoms with Gasteiger partial charge in [0, 0.05) is 13.1 Å². The van der Waals surface area contributed by atoms with Crippen LogP contribution in [0.4, 0.5) is 0 Å². The molecule has 0 aliphatic carbocycles. The van der Waals surface area contributed by atoms with Gasteiger partial charge in [-0.25, -0.2) is 0 Å². The van der Waals surface area contributed by atoms with Crippen LogP contribution in [0.15, 0.2) is 0 Å². The minimum Gasteiger partial charge on any atom is -0.356 e. The summed E-state index contributed by atoms with van der Waals surface area (Å²) in [6.07, 6.45) is 2.05. The van der Waals surface area contributed by atoms with Gasteiger partial charge in [-0.3, -0.25) is 4.79 Å². The first-order valence-corrected chi connectivity index (χ1v) is 3.83. The minimum atomic E-state index is -0.0139. The summed E-state index contributed by atoms with van der Waals surface area (Å²) in [5, 5.41) is 6.10. The molecule has 1 atom stereocenters. The third-order valence-electron chi connectivity index (χ3n) is 2.61. The van der Waals surface area contributed by atoms with Crippen LogP contribution >= 0.6 is 0 Å². The molecule has 2 heterocycles. The van der Waals surface area contributed by atoms with Crippen molar-refractivity contribution in [1.29, 1.82) is 0 Å². The average Bonchev–Trinajstić information content (AvgIpc) is 2.48. The molecule has 0 bridgehead atoms. The molecule has 2 aliphatic rings. The molecule has 2 fully saturated rings. The molecule has 0 aromatic carbocycles. The summed E-state index contributed by atoms with van der Waals surface area (Å²) < 4.78 is 0. The topological polar surface area (TPSA) is 41.1 Å². The van der Waals surface area contributed by atoms with Gasteiger partial charge in [0.1, 0.15) is 0 Å². The van der Waals surface area contributed by atoms with E-state index in [2.05, 4.69) is 10.6 Å². The van der Waals surface area contributed by atoms with Gasteiger partial charge < -0.3 is 10.6 Å². The van der Waals surface area contributed by atoms with Crippen LogP contribution in [0.1, 0.15) is 12.8 Å². The van der Waals surface area contributed by atoms with Crippen molar-refractivity contribution in [3.8, 4) is 0 Å². The number of hydrogen-bond acceptors (Lipinski definition) is 2. The Morgan fingerprint density at radius 2 is 2.10 bits per heavy atom. The first kappa shape index (κ1) is 6.16. The van der Waals surface area contributed by atoms with Crippen molar-refractivity contribution in [2.75, 3.05) is 19.6 Å². The van der Waals surface area contributed by atoms with Crippen LogP contribution in [-0.2, 0) is 4.79 Å². The highest BCUT2D eigenvalue weighted by atomic mass is 16.2. The highest BCUT2D eigenvalue weighted by molar-refractivity contribution is 5.85. The van der Waals surface area contributed by atoms with E-state index < -0.39 is 0 Å². The Labute approximate surface area is 60.2 Å². The van der Waals surface area contributed by atoms with Gasteiger partial charge in [0.05, 0.1) is 5.41 Å². The van der Waals surface area contributed by atoms with E-state index >= 15 is 0 Å². The van der Waals surface area contributed by atoms with Crippen molar-refractivity contribution in [3.05, 3.63) is 0 Å². The Kier molecular flexibility index (Phi) is 1.20. The van der Waals surface area contributed by atoms with E-state index in [4.69, 9.17) is 0 Å². The van der Waals surface area contributed by atoms with Gasteiger partial charge in [-0.15, -0.1) is 0 Å². The summed E-state index contributed by atoms with van der Waals surface area (Å²) in [6, 6.07) is 0. The lowest BCUT2D eigenvalue weighted by Gasteiger charge is -2.16. The molecule has 2 N–H and O–H groups in total. The SMILES string of the molecule is O=C1NCC[C@]12CCNC2. The molecule has 0 aromatic heterocycles. The van der Waals surface area contributed by atoms with E-state index in [9.17, 15) is 4.79 Å². The van der Waals surface area contributed by atoms with E-state index in [0.717, 1.165) is 32.5 Å². The van der Waals surface area contributed by atoms with Crippen molar-refractivity contribution in [3.63, 3.8) is 0 Å². The molecule has 3 nitrogen and oxygen atoms in total. The van der Waals surface area contributed by atoms with Crippen molar-refractivity contribution in [1.82, 2.24) is 10.6 Å². The number of rotatable bonds is 0. The summed E-state index contributed by atoms with van der Waals surface area (Å²) >= 11 is 0. The fraction of sp³-hybridized carbons (Fsp3) is 0.857. The Balaban J connectivity index is 2.19. The number of carbonyl (C=O) groups excluding carboxylic acids is 1. The second-order valence-corrected chi connectivity index (χ2v) is 3.21. The van der Waals surface area contributed by atoms with E-state index in [0.29, 0.717) is 0 Å². The summed E-state index contributed by atoms with van der Waals surface area (Å²) in [7, 11) is 0. The van der Waals surface area contributed by atoms with Crippen LogP contribution in [0.25, 0.3) is 0 Å². The fourth-order valence-electron chi connectivity index (χ4n) is 1.87. The van der Waals surface area contributed by atoms with Crippen LogP contribution in [0.5, 0.6) is 0 Å². The first-order chi connectivity index (χ1) is 4.83. The van der Waals surface area contributed by atoms with Crippen LogP contribution < -0.4 is 10.6 Å². The molecule has 2 saturated heterocycles. The predicted molar refractivity (Wildman–Crippen MR) is 37.5 cm³/mol. The molecular formula is C7H12N2O. The summed E-state index contributed by atoms with van der Waals surface area (Å²) in [5.74, 6) is 0.262. The number of nitrogens with one attached hydrogen (secondary N) is 2. The fourth-order valence-corrected chi connectivity index (χ4v) is 1.87.